The van der Waals surface area contributed by atoms with Crippen molar-refractivity contribution in [3.05, 3.63) is 29.3 Å². The number of hydrogen-bond donors (Lipinski definition) is 0. The summed E-state index contributed by atoms with van der Waals surface area (Å²) in [4.78, 5) is 0.150. The van der Waals surface area contributed by atoms with Crippen LogP contribution >= 0.6 is 11.6 Å². The highest BCUT2D eigenvalue weighted by molar-refractivity contribution is 7.92. The van der Waals surface area contributed by atoms with Crippen LogP contribution in [0.5, 0.6) is 0 Å². The van der Waals surface area contributed by atoms with Crippen molar-refractivity contribution in [1.29, 1.82) is 0 Å². The van der Waals surface area contributed by atoms with Crippen LogP contribution in [0.3, 0.4) is 0 Å². The predicted octanol–water partition coefficient (Wildman–Crippen LogP) is 2.32. The van der Waals surface area contributed by atoms with E-state index in [0.717, 1.165) is 6.42 Å². The lowest BCUT2D eigenvalue weighted by Gasteiger charge is -2.27. The lowest BCUT2D eigenvalue weighted by atomic mass is 10.2. The van der Waals surface area contributed by atoms with E-state index in [4.69, 9.17) is 11.6 Å². The number of halogens is 1. The molecule has 1 atom stereocenters. The SMILES string of the molecule is CCCCN([C@H]1CCS(=O)(=O)C1)S(=O)(=O)c1ccc(Cl)cc1. The third-order valence-corrected chi connectivity index (χ3v) is 7.74. The molecule has 5 nitrogen and oxygen atoms in total. The van der Waals surface area contributed by atoms with Gasteiger partial charge in [0.05, 0.1) is 16.4 Å². The molecule has 0 spiro atoms. The van der Waals surface area contributed by atoms with Crippen molar-refractivity contribution in [2.45, 2.75) is 37.1 Å². The van der Waals surface area contributed by atoms with Crippen LogP contribution in [0.1, 0.15) is 26.2 Å². The first-order valence-electron chi connectivity index (χ1n) is 7.24. The summed E-state index contributed by atoms with van der Waals surface area (Å²) in [6.45, 7) is 2.31. The largest absolute Gasteiger partial charge is 0.243 e. The van der Waals surface area contributed by atoms with Crippen LogP contribution in [0.15, 0.2) is 29.2 Å². The maximum Gasteiger partial charge on any atom is 0.243 e. The fraction of sp³-hybridized carbons (Fsp3) is 0.571. The smallest absolute Gasteiger partial charge is 0.229 e. The van der Waals surface area contributed by atoms with Crippen molar-refractivity contribution in [2.24, 2.45) is 0 Å². The lowest BCUT2D eigenvalue weighted by Crippen LogP contribution is -2.41. The van der Waals surface area contributed by atoms with E-state index in [2.05, 4.69) is 0 Å². The molecule has 0 aromatic heterocycles. The minimum atomic E-state index is -3.71. The molecule has 8 heteroatoms. The summed E-state index contributed by atoms with van der Waals surface area (Å²) >= 11 is 5.80. The molecule has 22 heavy (non-hydrogen) atoms. The van der Waals surface area contributed by atoms with E-state index in [1.807, 2.05) is 6.92 Å². The number of sulfonamides is 1. The molecule has 0 amide bonds. The van der Waals surface area contributed by atoms with Crippen molar-refractivity contribution in [3.63, 3.8) is 0 Å². The van der Waals surface area contributed by atoms with Gasteiger partial charge in [0.25, 0.3) is 0 Å². The Kier molecular flexibility index (Phi) is 5.53. The van der Waals surface area contributed by atoms with Crippen LogP contribution in [0.2, 0.25) is 5.02 Å². The molecule has 0 saturated carbocycles. The molecule has 1 aromatic rings. The molecule has 1 fully saturated rings. The Labute approximate surface area is 137 Å². The summed E-state index contributed by atoms with van der Waals surface area (Å²) in [7, 11) is -6.86. The highest BCUT2D eigenvalue weighted by Gasteiger charge is 2.38. The van der Waals surface area contributed by atoms with Crippen LogP contribution in [0.25, 0.3) is 0 Å². The van der Waals surface area contributed by atoms with E-state index >= 15 is 0 Å². The van der Waals surface area contributed by atoms with Crippen LogP contribution in [0, 0.1) is 0 Å². The summed E-state index contributed by atoms with van der Waals surface area (Å²) in [5, 5.41) is 0.461. The van der Waals surface area contributed by atoms with Gasteiger partial charge in [0.1, 0.15) is 0 Å². The minimum Gasteiger partial charge on any atom is -0.229 e. The second kappa shape index (κ2) is 6.86. The average molecular weight is 366 g/mol. The number of benzene rings is 1. The van der Waals surface area contributed by atoms with Crippen molar-refractivity contribution < 1.29 is 16.8 Å². The molecule has 1 aliphatic rings. The first-order chi connectivity index (χ1) is 10.3. The molecule has 0 aliphatic carbocycles. The molecule has 1 aliphatic heterocycles. The van der Waals surface area contributed by atoms with E-state index in [-0.39, 0.29) is 16.4 Å². The number of unbranched alkanes of at least 4 members (excludes halogenated alkanes) is 1. The zero-order chi connectivity index (χ0) is 16.4. The minimum absolute atomic E-state index is 0.0520. The van der Waals surface area contributed by atoms with E-state index in [9.17, 15) is 16.8 Å². The van der Waals surface area contributed by atoms with Gasteiger partial charge in [-0.25, -0.2) is 16.8 Å². The fourth-order valence-electron chi connectivity index (χ4n) is 2.56. The number of rotatable bonds is 6. The van der Waals surface area contributed by atoms with Gasteiger partial charge in [-0.1, -0.05) is 24.9 Å². The Bertz CT molecular complexity index is 714. The third-order valence-electron chi connectivity index (χ3n) is 3.77. The first kappa shape index (κ1) is 17.7. The summed E-state index contributed by atoms with van der Waals surface area (Å²) in [6.07, 6.45) is 1.90. The molecular formula is C14H20ClNO4S2. The van der Waals surface area contributed by atoms with E-state index in [1.165, 1.54) is 28.6 Å². The molecule has 1 aromatic carbocycles. The van der Waals surface area contributed by atoms with Crippen LogP contribution in [0.4, 0.5) is 0 Å². The second-order valence-corrected chi connectivity index (χ2v) is 10.0. The zero-order valence-electron chi connectivity index (χ0n) is 12.4. The van der Waals surface area contributed by atoms with Gasteiger partial charge < -0.3 is 0 Å². The fourth-order valence-corrected chi connectivity index (χ4v) is 6.20. The van der Waals surface area contributed by atoms with Gasteiger partial charge in [0.2, 0.25) is 10.0 Å². The third kappa shape index (κ3) is 4.01. The van der Waals surface area contributed by atoms with Crippen molar-refractivity contribution in [1.82, 2.24) is 4.31 Å². The van der Waals surface area contributed by atoms with Crippen LogP contribution < -0.4 is 0 Å². The van der Waals surface area contributed by atoms with Gasteiger partial charge in [-0.15, -0.1) is 0 Å². The maximum atomic E-state index is 12.8. The second-order valence-electron chi connectivity index (χ2n) is 5.48. The predicted molar refractivity (Wildman–Crippen MR) is 87.3 cm³/mol. The summed E-state index contributed by atoms with van der Waals surface area (Å²) in [5.41, 5.74) is 0. The Morgan fingerprint density at radius 3 is 2.41 bits per heavy atom. The normalized spacial score (nSPS) is 21.3. The molecule has 1 saturated heterocycles. The summed E-state index contributed by atoms with van der Waals surface area (Å²) in [6, 6.07) is 5.49. The summed E-state index contributed by atoms with van der Waals surface area (Å²) < 4.78 is 50.4. The molecule has 0 bridgehead atoms. The lowest BCUT2D eigenvalue weighted by molar-refractivity contribution is 0.335. The van der Waals surface area contributed by atoms with Gasteiger partial charge in [0.15, 0.2) is 9.84 Å². The number of sulfone groups is 1. The maximum absolute atomic E-state index is 12.8. The Morgan fingerprint density at radius 1 is 1.27 bits per heavy atom. The highest BCUT2D eigenvalue weighted by atomic mass is 35.5. The molecule has 2 rings (SSSR count). The van der Waals surface area contributed by atoms with Crippen LogP contribution in [-0.4, -0.2) is 45.2 Å². The Balaban J connectivity index is 2.33. The van der Waals surface area contributed by atoms with E-state index in [0.29, 0.717) is 24.4 Å². The number of hydrogen-bond acceptors (Lipinski definition) is 4. The van der Waals surface area contributed by atoms with Gasteiger partial charge in [-0.05, 0) is 37.1 Å². The van der Waals surface area contributed by atoms with Crippen molar-refractivity contribution >= 4 is 31.5 Å². The van der Waals surface area contributed by atoms with E-state index < -0.39 is 25.9 Å². The zero-order valence-corrected chi connectivity index (χ0v) is 14.8. The monoisotopic (exact) mass is 365 g/mol. The number of nitrogens with zero attached hydrogens (tertiary/aromatic N) is 1. The van der Waals surface area contributed by atoms with Crippen LogP contribution in [-0.2, 0) is 19.9 Å². The molecular weight excluding hydrogens is 346 g/mol. The molecule has 1 heterocycles. The van der Waals surface area contributed by atoms with Gasteiger partial charge in [-0.3, -0.25) is 0 Å². The van der Waals surface area contributed by atoms with E-state index in [1.54, 1.807) is 0 Å². The van der Waals surface area contributed by atoms with Crippen molar-refractivity contribution in [3.8, 4) is 0 Å². The topological polar surface area (TPSA) is 71.5 Å². The molecule has 0 N–H and O–H groups in total. The Hall–Kier alpha value is -0.630. The van der Waals surface area contributed by atoms with Gasteiger partial charge in [0, 0.05) is 17.6 Å². The molecule has 124 valence electrons. The summed E-state index contributed by atoms with van der Waals surface area (Å²) in [5.74, 6) is -0.0417. The van der Waals surface area contributed by atoms with Gasteiger partial charge >= 0.3 is 0 Å². The molecule has 0 radical (unpaired) electrons. The van der Waals surface area contributed by atoms with Gasteiger partial charge in [-0.2, -0.15) is 4.31 Å². The standard InChI is InChI=1S/C14H20ClNO4S2/c1-2-3-9-16(13-8-10-21(17,18)11-13)22(19,20)14-6-4-12(15)5-7-14/h4-7,13H,2-3,8-11H2,1H3/t13-/m0/s1. The molecule has 0 unspecified atom stereocenters. The Morgan fingerprint density at radius 2 is 1.91 bits per heavy atom. The van der Waals surface area contributed by atoms with Crippen molar-refractivity contribution in [2.75, 3.05) is 18.1 Å². The average Bonchev–Trinajstić information content (AvgIpc) is 2.79. The highest BCUT2D eigenvalue weighted by Crippen LogP contribution is 2.26. The first-order valence-corrected chi connectivity index (χ1v) is 10.9. The quantitative estimate of drug-likeness (QED) is 0.775.